The van der Waals surface area contributed by atoms with Gasteiger partial charge in [-0.2, -0.15) is 5.26 Å². The molecule has 2 aromatic carbocycles. The Hall–Kier alpha value is -3.93. The lowest BCUT2D eigenvalue weighted by Crippen LogP contribution is -2.31. The molecule has 3 N–H and O–H groups in total. The molecule has 0 bridgehead atoms. The molecular formula is C26H21ClN4O3S. The summed E-state index contributed by atoms with van der Waals surface area (Å²) in [5.74, 6) is -0.870. The zero-order valence-corrected chi connectivity index (χ0v) is 20.2. The van der Waals surface area contributed by atoms with Crippen LogP contribution < -0.4 is 16.0 Å². The van der Waals surface area contributed by atoms with Crippen molar-refractivity contribution in [2.75, 3.05) is 16.4 Å². The summed E-state index contributed by atoms with van der Waals surface area (Å²) in [4.78, 5) is 25.8. The van der Waals surface area contributed by atoms with E-state index in [9.17, 15) is 14.9 Å². The number of para-hydroxylation sites is 2. The first-order chi connectivity index (χ1) is 17.0. The number of halogens is 1. The summed E-state index contributed by atoms with van der Waals surface area (Å²) in [5.41, 5.74) is 2.36. The van der Waals surface area contributed by atoms with Crippen molar-refractivity contribution in [3.8, 4) is 6.07 Å². The molecule has 0 unspecified atom stereocenters. The van der Waals surface area contributed by atoms with Crippen LogP contribution in [0.2, 0.25) is 5.02 Å². The molecule has 1 atom stereocenters. The van der Waals surface area contributed by atoms with Gasteiger partial charge in [0.15, 0.2) is 0 Å². The third kappa shape index (κ3) is 5.60. The van der Waals surface area contributed by atoms with Gasteiger partial charge in [0.2, 0.25) is 5.91 Å². The van der Waals surface area contributed by atoms with Crippen LogP contribution in [0.3, 0.4) is 0 Å². The van der Waals surface area contributed by atoms with Gasteiger partial charge in [0, 0.05) is 11.4 Å². The SMILES string of the molecule is CC1=C(C(=O)Nc2ccccc2)[C@@H](c2ccco2)C(C#N)=C(SCC(=O)Nc2ccccc2Cl)N1. The third-order valence-corrected chi connectivity index (χ3v) is 6.59. The number of amides is 2. The fourth-order valence-electron chi connectivity index (χ4n) is 3.67. The Bertz CT molecular complexity index is 1340. The minimum Gasteiger partial charge on any atom is -0.468 e. The third-order valence-electron chi connectivity index (χ3n) is 5.25. The summed E-state index contributed by atoms with van der Waals surface area (Å²) < 4.78 is 5.62. The van der Waals surface area contributed by atoms with Crippen molar-refractivity contribution in [3.63, 3.8) is 0 Å². The van der Waals surface area contributed by atoms with Crippen LogP contribution in [-0.2, 0) is 9.59 Å². The molecule has 2 amide bonds. The minimum absolute atomic E-state index is 0.0302. The summed E-state index contributed by atoms with van der Waals surface area (Å²) in [6.45, 7) is 1.76. The molecule has 2 heterocycles. The summed E-state index contributed by atoms with van der Waals surface area (Å²) in [6, 6.07) is 21.7. The number of nitrogens with zero attached hydrogens (tertiary/aromatic N) is 1. The second-order valence-electron chi connectivity index (χ2n) is 7.60. The number of furan rings is 1. The van der Waals surface area contributed by atoms with Gasteiger partial charge in [-0.25, -0.2) is 0 Å². The highest BCUT2D eigenvalue weighted by atomic mass is 35.5. The second-order valence-corrected chi connectivity index (χ2v) is 9.00. The lowest BCUT2D eigenvalue weighted by atomic mass is 9.85. The fraction of sp³-hybridized carbons (Fsp3) is 0.115. The highest BCUT2D eigenvalue weighted by molar-refractivity contribution is 8.03. The van der Waals surface area contributed by atoms with E-state index in [1.165, 1.54) is 18.0 Å². The molecule has 0 saturated heterocycles. The molecular weight excluding hydrogens is 484 g/mol. The summed E-state index contributed by atoms with van der Waals surface area (Å²) in [6.07, 6.45) is 1.50. The van der Waals surface area contributed by atoms with Crippen LogP contribution in [0.4, 0.5) is 11.4 Å². The van der Waals surface area contributed by atoms with Gasteiger partial charge in [-0.1, -0.05) is 53.7 Å². The van der Waals surface area contributed by atoms with Crippen LogP contribution in [0.5, 0.6) is 0 Å². The molecule has 1 aromatic heterocycles. The molecule has 4 rings (SSSR count). The van der Waals surface area contributed by atoms with Crippen molar-refractivity contribution in [1.29, 1.82) is 5.26 Å². The van der Waals surface area contributed by atoms with Crippen LogP contribution in [0, 0.1) is 11.3 Å². The van der Waals surface area contributed by atoms with E-state index in [1.54, 1.807) is 55.5 Å². The monoisotopic (exact) mass is 504 g/mol. The number of allylic oxidation sites excluding steroid dienone is 2. The van der Waals surface area contributed by atoms with Crippen LogP contribution in [0.15, 0.2) is 99.3 Å². The maximum Gasteiger partial charge on any atom is 0.254 e. The van der Waals surface area contributed by atoms with Crippen LogP contribution in [0.25, 0.3) is 0 Å². The smallest absolute Gasteiger partial charge is 0.254 e. The van der Waals surface area contributed by atoms with Crippen LogP contribution in [-0.4, -0.2) is 17.6 Å². The summed E-state index contributed by atoms with van der Waals surface area (Å²) in [5, 5.41) is 19.8. The second kappa shape index (κ2) is 11.0. The normalized spacial score (nSPS) is 15.3. The average Bonchev–Trinajstić information content (AvgIpc) is 3.39. The van der Waals surface area contributed by atoms with E-state index >= 15 is 0 Å². The first-order valence-corrected chi connectivity index (χ1v) is 12.0. The Morgan fingerprint density at radius 2 is 1.83 bits per heavy atom. The van der Waals surface area contributed by atoms with Gasteiger partial charge in [-0.05, 0) is 43.3 Å². The Morgan fingerprint density at radius 1 is 1.09 bits per heavy atom. The van der Waals surface area contributed by atoms with Crippen molar-refractivity contribution < 1.29 is 14.0 Å². The average molecular weight is 505 g/mol. The number of hydrogen-bond donors (Lipinski definition) is 3. The van der Waals surface area contributed by atoms with Gasteiger partial charge < -0.3 is 20.4 Å². The van der Waals surface area contributed by atoms with E-state index in [0.29, 0.717) is 44.0 Å². The van der Waals surface area contributed by atoms with Gasteiger partial charge in [-0.3, -0.25) is 9.59 Å². The molecule has 1 aliphatic heterocycles. The number of rotatable bonds is 7. The van der Waals surface area contributed by atoms with Gasteiger partial charge >= 0.3 is 0 Å². The van der Waals surface area contributed by atoms with E-state index < -0.39 is 5.92 Å². The topological polar surface area (TPSA) is 107 Å². The standard InChI is InChI=1S/C26H21ClN4O3S/c1-16-23(25(33)30-17-8-3-2-4-9-17)24(21-12-7-13-34-21)18(14-28)26(29-16)35-15-22(32)31-20-11-6-5-10-19(20)27/h2-13,24,29H,15H2,1H3,(H,30,33)(H,31,32)/t24-/m1/s1. The molecule has 0 aliphatic carbocycles. The Labute approximate surface area is 211 Å². The van der Waals surface area contributed by atoms with Crippen LogP contribution in [0.1, 0.15) is 18.6 Å². The van der Waals surface area contributed by atoms with Gasteiger partial charge in [0.05, 0.1) is 50.9 Å². The number of anilines is 2. The first-order valence-electron chi connectivity index (χ1n) is 10.7. The van der Waals surface area contributed by atoms with Crippen molar-refractivity contribution >= 4 is 46.6 Å². The summed E-state index contributed by atoms with van der Waals surface area (Å²) >= 11 is 7.29. The molecule has 3 aromatic rings. The van der Waals surface area contributed by atoms with E-state index in [0.717, 1.165) is 0 Å². The zero-order valence-electron chi connectivity index (χ0n) is 18.7. The highest BCUT2D eigenvalue weighted by Gasteiger charge is 2.36. The lowest BCUT2D eigenvalue weighted by molar-refractivity contribution is -0.114. The van der Waals surface area contributed by atoms with E-state index in [4.69, 9.17) is 16.0 Å². The van der Waals surface area contributed by atoms with Gasteiger partial charge in [0.25, 0.3) is 5.91 Å². The highest BCUT2D eigenvalue weighted by Crippen LogP contribution is 2.41. The molecule has 0 saturated carbocycles. The van der Waals surface area contributed by atoms with Gasteiger partial charge in [-0.15, -0.1) is 0 Å². The Balaban J connectivity index is 1.58. The van der Waals surface area contributed by atoms with Crippen molar-refractivity contribution in [3.05, 3.63) is 106 Å². The molecule has 176 valence electrons. The number of carbonyl (C=O) groups excluding carboxylic acids is 2. The number of benzene rings is 2. The van der Waals surface area contributed by atoms with Crippen molar-refractivity contribution in [2.24, 2.45) is 0 Å². The quantitative estimate of drug-likeness (QED) is 0.384. The molecule has 35 heavy (non-hydrogen) atoms. The zero-order chi connectivity index (χ0) is 24.8. The van der Waals surface area contributed by atoms with Crippen molar-refractivity contribution in [2.45, 2.75) is 12.8 Å². The predicted octanol–water partition coefficient (Wildman–Crippen LogP) is 5.64. The lowest BCUT2D eigenvalue weighted by Gasteiger charge is -2.28. The predicted molar refractivity (Wildman–Crippen MR) is 138 cm³/mol. The van der Waals surface area contributed by atoms with E-state index in [1.807, 2.05) is 18.2 Å². The van der Waals surface area contributed by atoms with Crippen molar-refractivity contribution in [1.82, 2.24) is 5.32 Å². The van der Waals surface area contributed by atoms with Gasteiger partial charge in [0.1, 0.15) is 5.76 Å². The maximum absolute atomic E-state index is 13.3. The minimum atomic E-state index is -0.728. The Morgan fingerprint density at radius 3 is 2.51 bits per heavy atom. The number of carbonyl (C=O) groups is 2. The largest absolute Gasteiger partial charge is 0.468 e. The van der Waals surface area contributed by atoms with E-state index in [2.05, 4.69) is 22.0 Å². The molecule has 1 aliphatic rings. The number of nitrogens with one attached hydrogen (secondary N) is 3. The van der Waals surface area contributed by atoms with Crippen LogP contribution >= 0.6 is 23.4 Å². The molecule has 0 spiro atoms. The molecule has 0 radical (unpaired) electrons. The molecule has 0 fully saturated rings. The number of dihydropyridines is 1. The fourth-order valence-corrected chi connectivity index (χ4v) is 4.75. The first kappa shape index (κ1) is 24.2. The number of nitriles is 1. The van der Waals surface area contributed by atoms with E-state index in [-0.39, 0.29) is 17.6 Å². The Kier molecular flexibility index (Phi) is 7.60. The number of thioether (sulfide) groups is 1. The molecule has 9 heteroatoms. The summed E-state index contributed by atoms with van der Waals surface area (Å²) in [7, 11) is 0. The number of hydrogen-bond acceptors (Lipinski definition) is 6. The molecule has 7 nitrogen and oxygen atoms in total. The maximum atomic E-state index is 13.3.